The second kappa shape index (κ2) is 7.15. The molecule has 1 saturated heterocycles. The number of nitrogens with one attached hydrogen (secondary N) is 1. The van der Waals surface area contributed by atoms with E-state index in [0.29, 0.717) is 12.5 Å². The lowest BCUT2D eigenvalue weighted by molar-refractivity contribution is -0.121. The minimum atomic E-state index is -0.0180. The van der Waals surface area contributed by atoms with Gasteiger partial charge in [0, 0.05) is 36.9 Å². The molecule has 1 atom stereocenters. The third-order valence-electron chi connectivity index (χ3n) is 4.90. The molecule has 0 radical (unpaired) electrons. The molecule has 1 aliphatic rings. The van der Waals surface area contributed by atoms with Gasteiger partial charge in [-0.05, 0) is 43.0 Å². The number of para-hydroxylation sites is 1. The van der Waals surface area contributed by atoms with Crippen LogP contribution in [0.15, 0.2) is 48.8 Å². The van der Waals surface area contributed by atoms with E-state index in [1.807, 2.05) is 19.1 Å². The second-order valence-corrected chi connectivity index (χ2v) is 6.97. The van der Waals surface area contributed by atoms with Gasteiger partial charge in [-0.25, -0.2) is 9.67 Å². The Hall–Kier alpha value is -2.89. The smallest absolute Gasteiger partial charge is 0.241 e. The second-order valence-electron chi connectivity index (χ2n) is 6.97. The number of anilines is 1. The van der Waals surface area contributed by atoms with Gasteiger partial charge in [0.05, 0.1) is 6.20 Å². The molecule has 2 aromatic heterocycles. The summed E-state index contributed by atoms with van der Waals surface area (Å²) >= 11 is 0. The molecule has 1 amide bonds. The van der Waals surface area contributed by atoms with E-state index in [2.05, 4.69) is 44.6 Å². The fourth-order valence-corrected chi connectivity index (χ4v) is 3.52. The quantitative estimate of drug-likeness (QED) is 0.768. The Bertz CT molecular complexity index is 905. The largest absolute Gasteiger partial charge is 0.371 e. The van der Waals surface area contributed by atoms with Crippen molar-refractivity contribution in [2.24, 2.45) is 5.92 Å². The van der Waals surface area contributed by atoms with E-state index in [9.17, 15) is 4.79 Å². The molecule has 3 aromatic rings. The molecule has 6 nitrogen and oxygen atoms in total. The zero-order valence-electron chi connectivity index (χ0n) is 14.9. The fraction of sp³-hybridized carbons (Fsp3) is 0.350. The number of rotatable bonds is 5. The lowest BCUT2D eigenvalue weighted by atomic mass is 10.1. The van der Waals surface area contributed by atoms with Gasteiger partial charge in [0.15, 0.2) is 5.65 Å². The highest BCUT2D eigenvalue weighted by molar-refractivity contribution is 5.80. The Morgan fingerprint density at radius 3 is 2.96 bits per heavy atom. The summed E-state index contributed by atoms with van der Waals surface area (Å²) in [6.45, 7) is 4.92. The maximum absolute atomic E-state index is 12.3. The Kier molecular flexibility index (Phi) is 4.56. The molecule has 3 heterocycles. The zero-order valence-corrected chi connectivity index (χ0v) is 14.9. The molecule has 0 spiro atoms. The molecule has 1 fully saturated rings. The van der Waals surface area contributed by atoms with Crippen molar-refractivity contribution in [3.63, 3.8) is 0 Å². The predicted molar refractivity (Wildman–Crippen MR) is 102 cm³/mol. The summed E-state index contributed by atoms with van der Waals surface area (Å²) in [7, 11) is 0. The van der Waals surface area contributed by atoms with E-state index < -0.39 is 0 Å². The molecular formula is C20H23N5O. The van der Waals surface area contributed by atoms with Crippen LogP contribution in [0.3, 0.4) is 0 Å². The number of fused-ring (bicyclic) bond motifs is 1. The van der Waals surface area contributed by atoms with Crippen LogP contribution >= 0.6 is 0 Å². The van der Waals surface area contributed by atoms with Crippen LogP contribution in [-0.4, -0.2) is 40.3 Å². The molecule has 0 bridgehead atoms. The van der Waals surface area contributed by atoms with Gasteiger partial charge in [-0.2, -0.15) is 5.10 Å². The average molecular weight is 349 g/mol. The minimum absolute atomic E-state index is 0.0180. The molecule has 4 rings (SSSR count). The average Bonchev–Trinajstić information content (AvgIpc) is 3.28. The number of benzene rings is 1. The number of nitrogens with zero attached hydrogens (tertiary/aromatic N) is 4. The first kappa shape index (κ1) is 16.6. The van der Waals surface area contributed by atoms with Gasteiger partial charge in [0.2, 0.25) is 5.91 Å². The van der Waals surface area contributed by atoms with Gasteiger partial charge in [0.25, 0.3) is 0 Å². The summed E-state index contributed by atoms with van der Waals surface area (Å²) in [5.74, 6) is 0.463. The molecule has 1 N–H and O–H groups in total. The van der Waals surface area contributed by atoms with E-state index in [0.717, 1.165) is 36.1 Å². The highest BCUT2D eigenvalue weighted by atomic mass is 16.2. The van der Waals surface area contributed by atoms with Crippen molar-refractivity contribution in [1.82, 2.24) is 20.1 Å². The fourth-order valence-electron chi connectivity index (χ4n) is 3.52. The van der Waals surface area contributed by atoms with Crippen molar-refractivity contribution in [1.29, 1.82) is 0 Å². The van der Waals surface area contributed by atoms with E-state index in [-0.39, 0.29) is 12.5 Å². The predicted octanol–water partition coefficient (Wildman–Crippen LogP) is 2.38. The van der Waals surface area contributed by atoms with Gasteiger partial charge < -0.3 is 10.2 Å². The van der Waals surface area contributed by atoms with Crippen LogP contribution in [0.5, 0.6) is 0 Å². The molecule has 1 unspecified atom stereocenters. The number of carbonyl (C=O) groups excluding carboxylic acids is 1. The van der Waals surface area contributed by atoms with Gasteiger partial charge in [-0.15, -0.1) is 0 Å². The minimum Gasteiger partial charge on any atom is -0.371 e. The van der Waals surface area contributed by atoms with Crippen molar-refractivity contribution in [2.75, 3.05) is 24.5 Å². The molecular weight excluding hydrogens is 326 g/mol. The molecule has 1 aliphatic heterocycles. The summed E-state index contributed by atoms with van der Waals surface area (Å²) in [6, 6.07) is 12.5. The number of pyridine rings is 1. The Morgan fingerprint density at radius 1 is 1.27 bits per heavy atom. The Morgan fingerprint density at radius 2 is 2.12 bits per heavy atom. The van der Waals surface area contributed by atoms with Crippen LogP contribution in [0.25, 0.3) is 11.0 Å². The lowest BCUT2D eigenvalue weighted by Gasteiger charge is -2.18. The number of aryl methyl sites for hydroxylation is 1. The van der Waals surface area contributed by atoms with Crippen LogP contribution in [0.4, 0.5) is 5.69 Å². The standard InChI is InChI=1S/C20H23N5O/c1-15-9-17-12-23-25(20(17)22-10-15)14-19(26)21-11-16-7-8-24(13-16)18-5-3-2-4-6-18/h2-6,9-10,12,16H,7-8,11,13-14H2,1H3,(H,21,26). The summed E-state index contributed by atoms with van der Waals surface area (Å²) in [6.07, 6.45) is 4.66. The van der Waals surface area contributed by atoms with Crippen LogP contribution in [0.1, 0.15) is 12.0 Å². The van der Waals surface area contributed by atoms with Crippen molar-refractivity contribution in [3.8, 4) is 0 Å². The van der Waals surface area contributed by atoms with Crippen molar-refractivity contribution < 1.29 is 4.79 Å². The number of hydrogen-bond donors (Lipinski definition) is 1. The summed E-state index contributed by atoms with van der Waals surface area (Å²) in [4.78, 5) is 19.1. The number of aromatic nitrogens is 3. The van der Waals surface area contributed by atoms with E-state index in [4.69, 9.17) is 0 Å². The first-order valence-corrected chi connectivity index (χ1v) is 9.04. The highest BCUT2D eigenvalue weighted by Gasteiger charge is 2.23. The Labute approximate surface area is 152 Å². The maximum Gasteiger partial charge on any atom is 0.241 e. The monoisotopic (exact) mass is 349 g/mol. The van der Waals surface area contributed by atoms with Crippen LogP contribution < -0.4 is 10.2 Å². The maximum atomic E-state index is 12.3. The van der Waals surface area contributed by atoms with Crippen LogP contribution in [-0.2, 0) is 11.3 Å². The molecule has 0 aliphatic carbocycles. The van der Waals surface area contributed by atoms with Gasteiger partial charge in [-0.1, -0.05) is 18.2 Å². The SMILES string of the molecule is Cc1cnc2c(cnn2CC(=O)NCC2CCN(c3ccccc3)C2)c1. The van der Waals surface area contributed by atoms with E-state index in [1.165, 1.54) is 5.69 Å². The normalized spacial score (nSPS) is 17.0. The first-order chi connectivity index (χ1) is 12.7. The van der Waals surface area contributed by atoms with Crippen LogP contribution in [0, 0.1) is 12.8 Å². The zero-order chi connectivity index (χ0) is 17.9. The van der Waals surface area contributed by atoms with Gasteiger partial charge >= 0.3 is 0 Å². The number of amides is 1. The molecule has 134 valence electrons. The number of carbonyl (C=O) groups is 1. The summed E-state index contributed by atoms with van der Waals surface area (Å²) < 4.78 is 1.66. The van der Waals surface area contributed by atoms with Crippen molar-refractivity contribution in [2.45, 2.75) is 19.9 Å². The topological polar surface area (TPSA) is 63.1 Å². The summed E-state index contributed by atoms with van der Waals surface area (Å²) in [5, 5.41) is 8.31. The van der Waals surface area contributed by atoms with Crippen LogP contribution in [0.2, 0.25) is 0 Å². The first-order valence-electron chi connectivity index (χ1n) is 9.04. The van der Waals surface area contributed by atoms with Gasteiger partial charge in [-0.3, -0.25) is 4.79 Å². The van der Waals surface area contributed by atoms with E-state index in [1.54, 1.807) is 17.1 Å². The lowest BCUT2D eigenvalue weighted by Crippen LogP contribution is -2.33. The molecule has 6 heteroatoms. The highest BCUT2D eigenvalue weighted by Crippen LogP contribution is 2.23. The third kappa shape index (κ3) is 3.54. The number of hydrogen-bond acceptors (Lipinski definition) is 4. The van der Waals surface area contributed by atoms with Crippen molar-refractivity contribution >= 4 is 22.6 Å². The van der Waals surface area contributed by atoms with Crippen molar-refractivity contribution in [3.05, 3.63) is 54.4 Å². The van der Waals surface area contributed by atoms with E-state index >= 15 is 0 Å². The third-order valence-corrected chi connectivity index (χ3v) is 4.90. The molecule has 0 saturated carbocycles. The van der Waals surface area contributed by atoms with Gasteiger partial charge in [0.1, 0.15) is 6.54 Å². The molecule has 1 aromatic carbocycles. The molecule has 26 heavy (non-hydrogen) atoms. The Balaban J connectivity index is 1.30. The summed E-state index contributed by atoms with van der Waals surface area (Å²) in [5.41, 5.74) is 3.10.